The van der Waals surface area contributed by atoms with E-state index in [9.17, 15) is 9.59 Å². The van der Waals surface area contributed by atoms with E-state index in [2.05, 4.69) is 0 Å². The van der Waals surface area contributed by atoms with E-state index < -0.39 is 5.76 Å². The average Bonchev–Trinajstić information content (AvgIpc) is 2.83. The van der Waals surface area contributed by atoms with E-state index in [-0.39, 0.29) is 12.3 Å². The molecule has 0 aliphatic carbocycles. The first-order valence-electron chi connectivity index (χ1n) is 6.65. The van der Waals surface area contributed by atoms with Crippen LogP contribution in [0.1, 0.15) is 10.4 Å². The van der Waals surface area contributed by atoms with Gasteiger partial charge in [0.05, 0.1) is 19.0 Å². The molecule has 6 nitrogen and oxygen atoms in total. The van der Waals surface area contributed by atoms with E-state index in [0.29, 0.717) is 22.5 Å². The van der Waals surface area contributed by atoms with Gasteiger partial charge in [0, 0.05) is 11.8 Å². The number of nitrogen functional groups attached to an aromatic ring is 1. The van der Waals surface area contributed by atoms with E-state index in [1.54, 1.807) is 43.5 Å². The van der Waals surface area contributed by atoms with Crippen LogP contribution in [-0.4, -0.2) is 17.6 Å². The topological polar surface area (TPSA) is 87.5 Å². The number of hydrogen-bond acceptors (Lipinski definition) is 5. The van der Waals surface area contributed by atoms with Gasteiger partial charge in [-0.05, 0) is 29.8 Å². The van der Waals surface area contributed by atoms with Crippen LogP contribution in [0.5, 0.6) is 5.75 Å². The van der Waals surface area contributed by atoms with Gasteiger partial charge in [-0.15, -0.1) is 0 Å². The molecule has 0 unspecified atom stereocenters. The summed E-state index contributed by atoms with van der Waals surface area (Å²) in [6.07, 6.45) is 0.0862. The maximum absolute atomic E-state index is 12.4. The number of nitrogens with two attached hydrogens (primary N) is 1. The van der Waals surface area contributed by atoms with Gasteiger partial charge in [-0.1, -0.05) is 12.1 Å². The largest absolute Gasteiger partial charge is 0.497 e. The number of nitrogens with zero attached hydrogens (tertiary/aromatic N) is 1. The van der Waals surface area contributed by atoms with Crippen molar-refractivity contribution in [3.05, 3.63) is 58.6 Å². The van der Waals surface area contributed by atoms with Crippen molar-refractivity contribution in [1.29, 1.82) is 0 Å². The zero-order valence-electron chi connectivity index (χ0n) is 11.9. The Kier molecular flexibility index (Phi) is 3.42. The van der Waals surface area contributed by atoms with Gasteiger partial charge in [0.1, 0.15) is 5.75 Å². The number of benzene rings is 2. The van der Waals surface area contributed by atoms with Gasteiger partial charge < -0.3 is 14.9 Å². The Bertz CT molecular complexity index is 891. The van der Waals surface area contributed by atoms with Crippen molar-refractivity contribution in [3.63, 3.8) is 0 Å². The van der Waals surface area contributed by atoms with E-state index in [0.717, 1.165) is 10.1 Å². The Morgan fingerprint density at radius 2 is 1.95 bits per heavy atom. The van der Waals surface area contributed by atoms with Gasteiger partial charge in [0.2, 0.25) is 5.91 Å². The first-order chi connectivity index (χ1) is 10.6. The zero-order valence-corrected chi connectivity index (χ0v) is 11.9. The summed E-state index contributed by atoms with van der Waals surface area (Å²) in [5.41, 5.74) is 7.60. The van der Waals surface area contributed by atoms with Gasteiger partial charge in [0.25, 0.3) is 0 Å². The second-order valence-corrected chi connectivity index (χ2v) is 4.85. The smallest absolute Gasteiger partial charge is 0.426 e. The lowest BCUT2D eigenvalue weighted by Gasteiger charge is -2.04. The van der Waals surface area contributed by atoms with Crippen molar-refractivity contribution in [2.45, 2.75) is 6.42 Å². The van der Waals surface area contributed by atoms with E-state index >= 15 is 0 Å². The number of carbonyl (C=O) groups excluding carboxylic acids is 1. The third-order valence-corrected chi connectivity index (χ3v) is 3.37. The molecule has 0 fully saturated rings. The fourth-order valence-electron chi connectivity index (χ4n) is 2.27. The molecule has 2 aromatic carbocycles. The number of methoxy groups -OCH3 is 1. The summed E-state index contributed by atoms with van der Waals surface area (Å²) in [6, 6.07) is 11.8. The summed E-state index contributed by atoms with van der Waals surface area (Å²) in [6.45, 7) is 0. The normalized spacial score (nSPS) is 10.8. The number of fused-ring (bicyclic) bond motifs is 1. The Balaban J connectivity index is 1.94. The molecule has 3 rings (SSSR count). The maximum Gasteiger partial charge on any atom is 0.426 e. The highest BCUT2D eigenvalue weighted by atomic mass is 16.5. The molecule has 0 radical (unpaired) electrons. The molecule has 0 saturated carbocycles. The van der Waals surface area contributed by atoms with Crippen molar-refractivity contribution < 1.29 is 13.9 Å². The monoisotopic (exact) mass is 298 g/mol. The predicted octanol–water partition coefficient (Wildman–Crippen LogP) is 2.07. The fraction of sp³-hybridized carbons (Fsp3) is 0.125. The van der Waals surface area contributed by atoms with Crippen molar-refractivity contribution in [1.82, 2.24) is 4.57 Å². The van der Waals surface area contributed by atoms with Crippen LogP contribution >= 0.6 is 0 Å². The Labute approximate surface area is 125 Å². The van der Waals surface area contributed by atoms with Crippen molar-refractivity contribution in [2.75, 3.05) is 12.8 Å². The summed E-state index contributed by atoms with van der Waals surface area (Å²) >= 11 is 0. The number of ether oxygens (including phenoxy) is 1. The third-order valence-electron chi connectivity index (χ3n) is 3.37. The highest BCUT2D eigenvalue weighted by Gasteiger charge is 2.16. The quantitative estimate of drug-likeness (QED) is 0.748. The van der Waals surface area contributed by atoms with Gasteiger partial charge in [0.15, 0.2) is 5.58 Å². The minimum atomic E-state index is -0.709. The molecule has 0 spiro atoms. The van der Waals surface area contributed by atoms with E-state index in [1.165, 1.54) is 6.07 Å². The lowest BCUT2D eigenvalue weighted by Crippen LogP contribution is -2.24. The Hall–Kier alpha value is -3.02. The molecule has 0 amide bonds. The second kappa shape index (κ2) is 5.40. The lowest BCUT2D eigenvalue weighted by atomic mass is 10.1. The van der Waals surface area contributed by atoms with Crippen LogP contribution in [0.2, 0.25) is 0 Å². The van der Waals surface area contributed by atoms with Crippen LogP contribution in [0, 0.1) is 0 Å². The molecule has 0 saturated heterocycles. The zero-order chi connectivity index (χ0) is 15.7. The van der Waals surface area contributed by atoms with Crippen molar-refractivity contribution >= 4 is 22.7 Å². The molecule has 22 heavy (non-hydrogen) atoms. The van der Waals surface area contributed by atoms with Gasteiger partial charge in [-0.3, -0.25) is 4.79 Å². The first kappa shape index (κ1) is 13.9. The van der Waals surface area contributed by atoms with E-state index in [1.807, 2.05) is 0 Å². The minimum Gasteiger partial charge on any atom is -0.497 e. The first-order valence-corrected chi connectivity index (χ1v) is 6.65. The highest BCUT2D eigenvalue weighted by Crippen LogP contribution is 2.17. The molecule has 6 heteroatoms. The third kappa shape index (κ3) is 2.46. The molecule has 3 aromatic rings. The number of rotatable bonds is 3. The number of aromatic nitrogens is 1. The van der Waals surface area contributed by atoms with Gasteiger partial charge in [-0.2, -0.15) is 0 Å². The number of carbonyl (C=O) groups is 1. The molecule has 0 bridgehead atoms. The van der Waals surface area contributed by atoms with Crippen molar-refractivity contribution in [3.8, 4) is 5.75 Å². The van der Waals surface area contributed by atoms with Crippen molar-refractivity contribution in [2.24, 2.45) is 0 Å². The summed E-state index contributed by atoms with van der Waals surface area (Å²) in [4.78, 5) is 24.3. The standard InChI is InChI=1S/C16H14N2O4/c1-21-12-5-2-10(3-6-12)8-15(19)18-13-7-4-11(17)9-14(13)22-16(18)20/h2-7,9H,8,17H2,1H3. The SMILES string of the molecule is COc1ccc(CC(=O)n2c(=O)oc3cc(N)ccc32)cc1. The number of anilines is 1. The van der Waals surface area contributed by atoms with Crippen LogP contribution in [-0.2, 0) is 6.42 Å². The van der Waals surface area contributed by atoms with Gasteiger partial charge >= 0.3 is 5.76 Å². The number of oxazole rings is 1. The molecule has 0 aliphatic rings. The average molecular weight is 298 g/mol. The lowest BCUT2D eigenvalue weighted by molar-refractivity contribution is 0.0910. The summed E-state index contributed by atoms with van der Waals surface area (Å²) in [5.74, 6) is -0.365. The Morgan fingerprint density at radius 1 is 1.23 bits per heavy atom. The molecular formula is C16H14N2O4. The molecule has 112 valence electrons. The molecule has 1 heterocycles. The molecule has 2 N–H and O–H groups in total. The molecule has 1 aromatic heterocycles. The summed E-state index contributed by atoms with van der Waals surface area (Å²) in [7, 11) is 1.57. The molecular weight excluding hydrogens is 284 g/mol. The summed E-state index contributed by atoms with van der Waals surface area (Å²) in [5, 5.41) is 0. The highest BCUT2D eigenvalue weighted by molar-refractivity contribution is 5.91. The number of hydrogen-bond donors (Lipinski definition) is 1. The van der Waals surface area contributed by atoms with E-state index in [4.69, 9.17) is 14.9 Å². The molecule has 0 atom stereocenters. The maximum atomic E-state index is 12.4. The van der Waals surface area contributed by atoms with Crippen LogP contribution in [0.25, 0.3) is 11.1 Å². The van der Waals surface area contributed by atoms with Gasteiger partial charge in [-0.25, -0.2) is 9.36 Å². The minimum absolute atomic E-state index is 0.0862. The van der Waals surface area contributed by atoms with Crippen LogP contribution in [0.3, 0.4) is 0 Å². The van der Waals surface area contributed by atoms with Crippen LogP contribution in [0.15, 0.2) is 51.7 Å². The molecule has 0 aliphatic heterocycles. The van der Waals surface area contributed by atoms with Crippen LogP contribution < -0.4 is 16.2 Å². The summed E-state index contributed by atoms with van der Waals surface area (Å²) < 4.78 is 11.2. The second-order valence-electron chi connectivity index (χ2n) is 4.85. The Morgan fingerprint density at radius 3 is 2.64 bits per heavy atom. The predicted molar refractivity (Wildman–Crippen MR) is 82.2 cm³/mol. The van der Waals surface area contributed by atoms with Crippen LogP contribution in [0.4, 0.5) is 5.69 Å². The fourth-order valence-corrected chi connectivity index (χ4v) is 2.27.